The predicted molar refractivity (Wildman–Crippen MR) is 89.4 cm³/mol. The maximum Gasteiger partial charge on any atom is 0.338 e. The van der Waals surface area contributed by atoms with Gasteiger partial charge in [0.25, 0.3) is 0 Å². The monoisotopic (exact) mass is 311 g/mol. The first kappa shape index (κ1) is 16.9. The van der Waals surface area contributed by atoms with Gasteiger partial charge in [0.05, 0.1) is 11.5 Å². The number of hydrogen-bond donors (Lipinski definition) is 1. The molecule has 0 amide bonds. The molecule has 4 heteroatoms. The number of nitrogens with one attached hydrogen (secondary N) is 1. The van der Waals surface area contributed by atoms with Crippen LogP contribution in [0.25, 0.3) is 0 Å². The molecular formula is C19H21NO3. The van der Waals surface area contributed by atoms with Crippen molar-refractivity contribution in [2.45, 2.75) is 19.4 Å². The summed E-state index contributed by atoms with van der Waals surface area (Å²) in [5.74, 6) is -0.497. The van der Waals surface area contributed by atoms with Gasteiger partial charge in [-0.15, -0.1) is 0 Å². The van der Waals surface area contributed by atoms with Crippen LogP contribution in [0.5, 0.6) is 0 Å². The third-order valence-corrected chi connectivity index (χ3v) is 3.57. The van der Waals surface area contributed by atoms with Crippen molar-refractivity contribution >= 4 is 12.3 Å². The molecule has 0 unspecified atom stereocenters. The van der Waals surface area contributed by atoms with E-state index in [2.05, 4.69) is 5.32 Å². The molecule has 0 aliphatic heterocycles. The first-order valence-electron chi connectivity index (χ1n) is 7.71. The summed E-state index contributed by atoms with van der Waals surface area (Å²) in [6.45, 7) is 3.68. The molecule has 0 saturated heterocycles. The molecule has 4 nitrogen and oxygen atoms in total. The molecule has 0 aromatic heterocycles. The van der Waals surface area contributed by atoms with Crippen LogP contribution in [0.3, 0.4) is 0 Å². The minimum Gasteiger partial charge on any atom is -0.457 e. The Balaban J connectivity index is 1.92. The van der Waals surface area contributed by atoms with Crippen molar-refractivity contribution < 1.29 is 14.3 Å². The van der Waals surface area contributed by atoms with Crippen LogP contribution in [0, 0.1) is 0 Å². The molecule has 0 aliphatic carbocycles. The lowest BCUT2D eigenvalue weighted by atomic mass is 9.99. The van der Waals surface area contributed by atoms with E-state index in [4.69, 9.17) is 4.74 Å². The number of hydrogen-bond acceptors (Lipinski definition) is 4. The Hall–Kier alpha value is -2.46. The van der Waals surface area contributed by atoms with Crippen molar-refractivity contribution in [2.24, 2.45) is 0 Å². The zero-order valence-corrected chi connectivity index (χ0v) is 13.2. The van der Waals surface area contributed by atoms with Crippen LogP contribution in [-0.4, -0.2) is 25.3 Å². The highest BCUT2D eigenvalue weighted by Crippen LogP contribution is 2.15. The summed E-state index contributed by atoms with van der Waals surface area (Å²) in [6.07, 6.45) is 0.951. The summed E-state index contributed by atoms with van der Waals surface area (Å²) in [5.41, 5.74) is 2.39. The molecule has 0 bridgehead atoms. The van der Waals surface area contributed by atoms with E-state index in [1.165, 1.54) is 0 Å². The summed E-state index contributed by atoms with van der Waals surface area (Å²) in [5, 5.41) is 3.17. The van der Waals surface area contributed by atoms with Crippen LogP contribution >= 0.6 is 0 Å². The third-order valence-electron chi connectivity index (χ3n) is 3.57. The zero-order valence-electron chi connectivity index (χ0n) is 13.2. The molecule has 120 valence electrons. The van der Waals surface area contributed by atoms with E-state index in [9.17, 15) is 9.59 Å². The maximum absolute atomic E-state index is 11.9. The van der Waals surface area contributed by atoms with Gasteiger partial charge in [0.2, 0.25) is 0 Å². The van der Waals surface area contributed by atoms with Gasteiger partial charge in [-0.2, -0.15) is 0 Å². The van der Waals surface area contributed by atoms with Gasteiger partial charge in [0, 0.05) is 6.54 Å². The Morgan fingerprint density at radius 1 is 1.13 bits per heavy atom. The van der Waals surface area contributed by atoms with E-state index in [1.807, 2.05) is 37.3 Å². The van der Waals surface area contributed by atoms with Gasteiger partial charge >= 0.3 is 5.97 Å². The van der Waals surface area contributed by atoms with Crippen molar-refractivity contribution in [2.75, 3.05) is 13.1 Å². The molecule has 0 radical (unpaired) electrons. The van der Waals surface area contributed by atoms with Gasteiger partial charge in [-0.3, -0.25) is 0 Å². The number of aldehydes is 1. The number of esters is 1. The van der Waals surface area contributed by atoms with Crippen LogP contribution in [0.15, 0.2) is 54.6 Å². The highest BCUT2D eigenvalue weighted by Gasteiger charge is 2.10. The lowest BCUT2D eigenvalue weighted by Crippen LogP contribution is -2.22. The topological polar surface area (TPSA) is 55.4 Å². The summed E-state index contributed by atoms with van der Waals surface area (Å²) in [7, 11) is 0. The van der Waals surface area contributed by atoms with Crippen molar-refractivity contribution in [3.63, 3.8) is 0 Å². The molecule has 0 saturated carbocycles. The average molecular weight is 311 g/mol. The molecule has 0 spiro atoms. The molecule has 2 aromatic carbocycles. The predicted octanol–water partition coefficient (Wildman–Crippen LogP) is 2.94. The summed E-state index contributed by atoms with van der Waals surface area (Å²) in [4.78, 5) is 23.0. The standard InChI is InChI=1S/C19H21NO3/c1-2-20-12-18(13-21)16-10-8-15(9-11-16)14-23-19(22)17-6-4-3-5-7-17/h3-11,13,18,20H,2,12,14H2,1H3/t18-/m1/s1. The lowest BCUT2D eigenvalue weighted by Gasteiger charge is -2.12. The van der Waals surface area contributed by atoms with Gasteiger partial charge in [-0.25, -0.2) is 4.79 Å². The Kier molecular flexibility index (Phi) is 6.51. The molecule has 0 heterocycles. The number of ether oxygens (including phenoxy) is 1. The minimum absolute atomic E-state index is 0.157. The fraction of sp³-hybridized carbons (Fsp3) is 0.263. The number of rotatable bonds is 8. The molecule has 1 atom stereocenters. The second-order valence-corrected chi connectivity index (χ2v) is 5.23. The average Bonchev–Trinajstić information content (AvgIpc) is 2.62. The van der Waals surface area contributed by atoms with Crippen LogP contribution in [0.4, 0.5) is 0 Å². The second kappa shape index (κ2) is 8.86. The summed E-state index contributed by atoms with van der Waals surface area (Å²) < 4.78 is 5.28. The fourth-order valence-corrected chi connectivity index (χ4v) is 2.21. The van der Waals surface area contributed by atoms with Gasteiger partial charge in [0.1, 0.15) is 12.9 Å². The van der Waals surface area contributed by atoms with Crippen LogP contribution in [-0.2, 0) is 16.1 Å². The summed E-state index contributed by atoms with van der Waals surface area (Å²) >= 11 is 0. The Labute approximate surface area is 136 Å². The second-order valence-electron chi connectivity index (χ2n) is 5.23. The van der Waals surface area contributed by atoms with Crippen LogP contribution in [0.2, 0.25) is 0 Å². The molecular weight excluding hydrogens is 290 g/mol. The number of carbonyl (C=O) groups is 2. The third kappa shape index (κ3) is 5.04. The maximum atomic E-state index is 11.9. The SMILES string of the molecule is CCNC[C@H](C=O)c1ccc(COC(=O)c2ccccc2)cc1. The quantitative estimate of drug-likeness (QED) is 0.601. The summed E-state index contributed by atoms with van der Waals surface area (Å²) in [6, 6.07) is 16.5. The fourth-order valence-electron chi connectivity index (χ4n) is 2.21. The Bertz CT molecular complexity index is 623. The Morgan fingerprint density at radius 3 is 2.43 bits per heavy atom. The van der Waals surface area contributed by atoms with E-state index >= 15 is 0 Å². The van der Waals surface area contributed by atoms with Gasteiger partial charge in [-0.1, -0.05) is 49.4 Å². The van der Waals surface area contributed by atoms with Crippen molar-refractivity contribution in [1.82, 2.24) is 5.32 Å². The molecule has 0 fully saturated rings. The normalized spacial score (nSPS) is 11.7. The minimum atomic E-state index is -0.340. The zero-order chi connectivity index (χ0) is 16.5. The number of likely N-dealkylation sites (N-methyl/N-ethyl adjacent to an activating group) is 1. The smallest absolute Gasteiger partial charge is 0.338 e. The van der Waals surface area contributed by atoms with E-state index < -0.39 is 0 Å². The molecule has 2 rings (SSSR count). The van der Waals surface area contributed by atoms with E-state index in [0.717, 1.165) is 24.0 Å². The molecule has 0 aliphatic rings. The first-order chi connectivity index (χ1) is 11.2. The van der Waals surface area contributed by atoms with Crippen LogP contribution in [0.1, 0.15) is 34.3 Å². The van der Waals surface area contributed by atoms with E-state index in [-0.39, 0.29) is 18.5 Å². The first-order valence-corrected chi connectivity index (χ1v) is 7.71. The highest BCUT2D eigenvalue weighted by molar-refractivity contribution is 5.89. The largest absolute Gasteiger partial charge is 0.457 e. The van der Waals surface area contributed by atoms with Gasteiger partial charge < -0.3 is 14.8 Å². The highest BCUT2D eigenvalue weighted by atomic mass is 16.5. The van der Waals surface area contributed by atoms with Crippen LogP contribution < -0.4 is 5.32 Å². The number of benzene rings is 2. The molecule has 23 heavy (non-hydrogen) atoms. The van der Waals surface area contributed by atoms with Crippen molar-refractivity contribution in [3.05, 3.63) is 71.3 Å². The van der Waals surface area contributed by atoms with E-state index in [0.29, 0.717) is 12.1 Å². The lowest BCUT2D eigenvalue weighted by molar-refractivity contribution is -0.109. The number of carbonyl (C=O) groups excluding carboxylic acids is 2. The van der Waals surface area contributed by atoms with Gasteiger partial charge in [0.15, 0.2) is 0 Å². The molecule has 2 aromatic rings. The van der Waals surface area contributed by atoms with E-state index in [1.54, 1.807) is 24.3 Å². The van der Waals surface area contributed by atoms with Crippen molar-refractivity contribution in [3.8, 4) is 0 Å². The van der Waals surface area contributed by atoms with Gasteiger partial charge in [-0.05, 0) is 29.8 Å². The van der Waals surface area contributed by atoms with Crippen molar-refractivity contribution in [1.29, 1.82) is 0 Å². The Morgan fingerprint density at radius 2 is 1.83 bits per heavy atom. The molecule has 1 N–H and O–H groups in total.